The van der Waals surface area contributed by atoms with Crippen molar-refractivity contribution < 1.29 is 4.79 Å². The Bertz CT molecular complexity index is 817. The van der Waals surface area contributed by atoms with Gasteiger partial charge in [0.15, 0.2) is 0 Å². The van der Waals surface area contributed by atoms with E-state index in [9.17, 15) is 14.4 Å². The second-order valence-electron chi connectivity index (χ2n) is 6.35. The van der Waals surface area contributed by atoms with E-state index in [1.54, 1.807) is 11.4 Å². The van der Waals surface area contributed by atoms with Crippen LogP contribution >= 0.6 is 11.3 Å². The lowest BCUT2D eigenvalue weighted by Gasteiger charge is -2.12. The summed E-state index contributed by atoms with van der Waals surface area (Å²) < 4.78 is 3.19. The van der Waals surface area contributed by atoms with Gasteiger partial charge in [0.25, 0.3) is 5.56 Å². The molecule has 2 aromatic rings. The Morgan fingerprint density at radius 1 is 1.29 bits per heavy atom. The number of unbranched alkanes of at least 4 members (excludes halogenated alkanes) is 1. The maximum atomic E-state index is 12.7. The number of hydrogen-bond donors (Lipinski definition) is 1. The largest absolute Gasteiger partial charge is 0.355 e. The Morgan fingerprint density at radius 3 is 2.71 bits per heavy atom. The number of hydrogen-bond acceptors (Lipinski definition) is 4. The third-order valence-electron chi connectivity index (χ3n) is 3.92. The highest BCUT2D eigenvalue weighted by Crippen LogP contribution is 2.15. The van der Waals surface area contributed by atoms with Crippen molar-refractivity contribution in [2.75, 3.05) is 6.54 Å². The minimum atomic E-state index is -0.404. The number of nitrogens with zero attached hydrogens (tertiary/aromatic N) is 2. The molecule has 0 saturated heterocycles. The molecule has 0 radical (unpaired) electrons. The number of carbonyl (C=O) groups is 1. The number of fused-ring (bicyclic) bond motifs is 1. The zero-order valence-corrected chi connectivity index (χ0v) is 15.3. The minimum absolute atomic E-state index is 0.0590. The van der Waals surface area contributed by atoms with Crippen LogP contribution in [0.2, 0.25) is 0 Å². The van der Waals surface area contributed by atoms with Gasteiger partial charge in [-0.1, -0.05) is 27.2 Å². The topological polar surface area (TPSA) is 73.1 Å². The van der Waals surface area contributed by atoms with Crippen LogP contribution in [0.5, 0.6) is 0 Å². The molecule has 0 unspecified atom stereocenters. The third kappa shape index (κ3) is 4.14. The summed E-state index contributed by atoms with van der Waals surface area (Å²) >= 11 is 1.31. The average Bonchev–Trinajstić information content (AvgIpc) is 3.01. The first kappa shape index (κ1) is 18.4. The van der Waals surface area contributed by atoms with Crippen LogP contribution in [-0.2, 0) is 17.9 Å². The summed E-state index contributed by atoms with van der Waals surface area (Å²) in [5, 5.41) is 4.62. The Hall–Kier alpha value is -1.89. The molecule has 1 amide bonds. The van der Waals surface area contributed by atoms with Crippen molar-refractivity contribution in [3.8, 4) is 0 Å². The normalized spacial score (nSPS) is 11.3. The van der Waals surface area contributed by atoms with Gasteiger partial charge >= 0.3 is 5.69 Å². The van der Waals surface area contributed by atoms with E-state index < -0.39 is 5.69 Å². The molecule has 0 spiro atoms. The highest BCUT2D eigenvalue weighted by Gasteiger charge is 2.16. The number of thiophene rings is 1. The SMILES string of the molecule is CCCCn1c(=O)c2sccc2n(CC(=O)NCCC(C)C)c1=O. The molecule has 1 N–H and O–H groups in total. The monoisotopic (exact) mass is 351 g/mol. The summed E-state index contributed by atoms with van der Waals surface area (Å²) in [6.07, 6.45) is 2.54. The lowest BCUT2D eigenvalue weighted by atomic mass is 10.1. The lowest BCUT2D eigenvalue weighted by Crippen LogP contribution is -2.42. The van der Waals surface area contributed by atoms with Crippen molar-refractivity contribution in [3.63, 3.8) is 0 Å². The molecule has 0 aliphatic carbocycles. The van der Waals surface area contributed by atoms with Crippen molar-refractivity contribution in [1.29, 1.82) is 0 Å². The van der Waals surface area contributed by atoms with Crippen molar-refractivity contribution in [3.05, 3.63) is 32.3 Å². The van der Waals surface area contributed by atoms with Crippen molar-refractivity contribution in [2.45, 2.75) is 53.1 Å². The molecule has 132 valence electrons. The summed E-state index contributed by atoms with van der Waals surface area (Å²) in [6, 6.07) is 1.73. The third-order valence-corrected chi connectivity index (χ3v) is 4.81. The number of rotatable bonds is 8. The Balaban J connectivity index is 2.31. The number of carbonyl (C=O) groups excluding carboxylic acids is 1. The predicted molar refractivity (Wildman–Crippen MR) is 97.7 cm³/mol. The molecule has 2 heterocycles. The maximum absolute atomic E-state index is 12.7. The van der Waals surface area contributed by atoms with E-state index in [4.69, 9.17) is 0 Å². The molecule has 0 bridgehead atoms. The van der Waals surface area contributed by atoms with Gasteiger partial charge in [0.1, 0.15) is 11.2 Å². The molecule has 0 atom stereocenters. The average molecular weight is 351 g/mol. The van der Waals surface area contributed by atoms with Crippen LogP contribution in [0.1, 0.15) is 40.0 Å². The van der Waals surface area contributed by atoms with Crippen LogP contribution in [0.4, 0.5) is 0 Å². The van der Waals surface area contributed by atoms with Crippen LogP contribution in [0.3, 0.4) is 0 Å². The van der Waals surface area contributed by atoms with Gasteiger partial charge in [-0.3, -0.25) is 18.7 Å². The molecule has 0 aliphatic rings. The number of amides is 1. The summed E-state index contributed by atoms with van der Waals surface area (Å²) in [6.45, 7) is 7.11. The Labute approximate surface area is 145 Å². The van der Waals surface area contributed by atoms with Crippen molar-refractivity contribution >= 4 is 27.5 Å². The minimum Gasteiger partial charge on any atom is -0.355 e. The Kier molecular flexibility index (Phi) is 6.36. The van der Waals surface area contributed by atoms with E-state index >= 15 is 0 Å². The van der Waals surface area contributed by atoms with E-state index in [0.29, 0.717) is 29.2 Å². The van der Waals surface area contributed by atoms with Crippen molar-refractivity contribution in [1.82, 2.24) is 14.5 Å². The number of nitrogens with one attached hydrogen (secondary N) is 1. The standard InChI is InChI=1S/C17H25N3O3S/c1-4-5-9-19-16(22)15-13(7-10-24-15)20(17(19)23)11-14(21)18-8-6-12(2)3/h7,10,12H,4-6,8-9,11H2,1-3H3,(H,18,21). The van der Waals surface area contributed by atoms with Gasteiger partial charge in [0, 0.05) is 13.1 Å². The van der Waals surface area contributed by atoms with E-state index in [0.717, 1.165) is 19.3 Å². The molecule has 0 fully saturated rings. The summed E-state index contributed by atoms with van der Waals surface area (Å²) in [4.78, 5) is 37.3. The van der Waals surface area contributed by atoms with Gasteiger partial charge in [-0.05, 0) is 30.2 Å². The van der Waals surface area contributed by atoms with E-state index in [1.807, 2.05) is 6.92 Å². The molecule has 2 aromatic heterocycles. The van der Waals surface area contributed by atoms with Crippen LogP contribution in [0.25, 0.3) is 10.2 Å². The summed E-state index contributed by atoms with van der Waals surface area (Å²) in [7, 11) is 0. The fraction of sp³-hybridized carbons (Fsp3) is 0.588. The first-order valence-electron chi connectivity index (χ1n) is 8.43. The molecular formula is C17H25N3O3S. The molecule has 2 rings (SSSR count). The fourth-order valence-electron chi connectivity index (χ4n) is 2.50. The first-order chi connectivity index (χ1) is 11.5. The van der Waals surface area contributed by atoms with Crippen molar-refractivity contribution in [2.24, 2.45) is 5.92 Å². The lowest BCUT2D eigenvalue weighted by molar-refractivity contribution is -0.121. The fourth-order valence-corrected chi connectivity index (χ4v) is 3.34. The van der Waals surface area contributed by atoms with Crippen LogP contribution in [0, 0.1) is 5.92 Å². The second-order valence-corrected chi connectivity index (χ2v) is 7.26. The zero-order chi connectivity index (χ0) is 17.7. The molecule has 0 aliphatic heterocycles. The van der Waals surface area contributed by atoms with Gasteiger partial charge in [-0.2, -0.15) is 0 Å². The van der Waals surface area contributed by atoms with E-state index in [1.165, 1.54) is 20.5 Å². The van der Waals surface area contributed by atoms with Gasteiger partial charge < -0.3 is 5.32 Å². The van der Waals surface area contributed by atoms with Gasteiger partial charge in [0.05, 0.1) is 5.52 Å². The Morgan fingerprint density at radius 2 is 2.04 bits per heavy atom. The van der Waals surface area contributed by atoms with E-state index in [-0.39, 0.29) is 18.0 Å². The maximum Gasteiger partial charge on any atom is 0.332 e. The molecule has 0 aromatic carbocycles. The summed E-state index contributed by atoms with van der Waals surface area (Å²) in [5.74, 6) is 0.304. The molecule has 7 heteroatoms. The molecule has 24 heavy (non-hydrogen) atoms. The van der Waals surface area contributed by atoms with Crippen LogP contribution in [-0.4, -0.2) is 21.6 Å². The van der Waals surface area contributed by atoms with Gasteiger partial charge in [-0.15, -0.1) is 11.3 Å². The number of aromatic nitrogens is 2. The zero-order valence-electron chi connectivity index (χ0n) is 14.5. The highest BCUT2D eigenvalue weighted by atomic mass is 32.1. The smallest absolute Gasteiger partial charge is 0.332 e. The molecule has 0 saturated carbocycles. The van der Waals surface area contributed by atoms with Gasteiger partial charge in [0.2, 0.25) is 5.91 Å². The van der Waals surface area contributed by atoms with E-state index in [2.05, 4.69) is 19.2 Å². The predicted octanol–water partition coefficient (Wildman–Crippen LogP) is 2.19. The first-order valence-corrected chi connectivity index (χ1v) is 9.31. The summed E-state index contributed by atoms with van der Waals surface area (Å²) in [5.41, 5.74) is -0.116. The molecule has 6 nitrogen and oxygen atoms in total. The van der Waals surface area contributed by atoms with Crippen LogP contribution < -0.4 is 16.6 Å². The van der Waals surface area contributed by atoms with Gasteiger partial charge in [-0.25, -0.2) is 4.79 Å². The highest BCUT2D eigenvalue weighted by molar-refractivity contribution is 7.17. The molecular weight excluding hydrogens is 326 g/mol. The second kappa shape index (κ2) is 8.28. The quantitative estimate of drug-likeness (QED) is 0.792. The van der Waals surface area contributed by atoms with Crippen LogP contribution in [0.15, 0.2) is 21.0 Å².